The van der Waals surface area contributed by atoms with Crippen LogP contribution in [0.15, 0.2) is 24.4 Å². The predicted octanol–water partition coefficient (Wildman–Crippen LogP) is 1.31. The van der Waals surface area contributed by atoms with Crippen molar-refractivity contribution in [3.63, 3.8) is 0 Å². The minimum absolute atomic E-state index is 0.0665. The van der Waals surface area contributed by atoms with E-state index in [0.29, 0.717) is 18.8 Å². The number of carbonyl (C=O) groups is 2. The van der Waals surface area contributed by atoms with Crippen molar-refractivity contribution in [1.82, 2.24) is 4.98 Å². The maximum Gasteiger partial charge on any atom is 0.328 e. The zero-order chi connectivity index (χ0) is 12.3. The number of hydrogen-bond donors (Lipinski definition) is 1. The first-order chi connectivity index (χ1) is 8.16. The number of aliphatic carboxylic acids is 1. The van der Waals surface area contributed by atoms with E-state index in [9.17, 15) is 9.59 Å². The zero-order valence-electron chi connectivity index (χ0n) is 9.17. The van der Waals surface area contributed by atoms with Crippen LogP contribution >= 0.6 is 0 Å². The average Bonchev–Trinajstić information content (AvgIpc) is 2.73. The third-order valence-electron chi connectivity index (χ3n) is 2.54. The van der Waals surface area contributed by atoms with Gasteiger partial charge in [0.25, 0.3) is 0 Å². The number of carbonyl (C=O) groups excluding carboxylic acids is 1. The summed E-state index contributed by atoms with van der Waals surface area (Å²) in [7, 11) is 0. The normalized spacial score (nSPS) is 15.8. The second kappa shape index (κ2) is 4.78. The first-order valence-electron chi connectivity index (χ1n) is 5.34. The highest BCUT2D eigenvalue weighted by atomic mass is 16.4. The van der Waals surface area contributed by atoms with Gasteiger partial charge in [-0.3, -0.25) is 9.69 Å². The van der Waals surface area contributed by atoms with Gasteiger partial charge >= 0.3 is 5.97 Å². The summed E-state index contributed by atoms with van der Waals surface area (Å²) in [5, 5.41) is 8.53. The largest absolute Gasteiger partial charge is 0.478 e. The molecule has 0 saturated carbocycles. The average molecular weight is 232 g/mol. The minimum atomic E-state index is -0.999. The van der Waals surface area contributed by atoms with Crippen LogP contribution < -0.4 is 4.90 Å². The lowest BCUT2D eigenvalue weighted by molar-refractivity contribution is -0.131. The van der Waals surface area contributed by atoms with E-state index < -0.39 is 5.97 Å². The number of amides is 1. The number of rotatable bonds is 3. The lowest BCUT2D eigenvalue weighted by Gasteiger charge is -2.14. The molecular formula is C12H12N2O3. The van der Waals surface area contributed by atoms with Gasteiger partial charge in [-0.2, -0.15) is 0 Å². The van der Waals surface area contributed by atoms with Crippen LogP contribution in [0.1, 0.15) is 18.4 Å². The number of hydrogen-bond acceptors (Lipinski definition) is 3. The molecule has 1 aliphatic rings. The lowest BCUT2D eigenvalue weighted by atomic mass is 10.2. The molecular weight excluding hydrogens is 220 g/mol. The van der Waals surface area contributed by atoms with E-state index in [1.165, 1.54) is 6.08 Å². The SMILES string of the molecule is O=C(O)/C=C/c1ccnc(N2CCCC2=O)c1. The summed E-state index contributed by atoms with van der Waals surface area (Å²) >= 11 is 0. The quantitative estimate of drug-likeness (QED) is 0.797. The van der Waals surface area contributed by atoms with E-state index >= 15 is 0 Å². The van der Waals surface area contributed by atoms with Gasteiger partial charge in [0.05, 0.1) is 0 Å². The Labute approximate surface area is 98.4 Å². The number of carboxylic acids is 1. The highest BCUT2D eigenvalue weighted by molar-refractivity contribution is 5.94. The minimum Gasteiger partial charge on any atom is -0.478 e. The highest BCUT2D eigenvalue weighted by Gasteiger charge is 2.22. The van der Waals surface area contributed by atoms with Crippen molar-refractivity contribution < 1.29 is 14.7 Å². The molecule has 5 heteroatoms. The van der Waals surface area contributed by atoms with Gasteiger partial charge in [-0.05, 0) is 30.2 Å². The topological polar surface area (TPSA) is 70.5 Å². The van der Waals surface area contributed by atoms with Crippen molar-refractivity contribution >= 4 is 23.8 Å². The summed E-state index contributed by atoms with van der Waals surface area (Å²) in [5.41, 5.74) is 0.720. The Kier molecular flexibility index (Phi) is 3.18. The van der Waals surface area contributed by atoms with Gasteiger partial charge in [-0.1, -0.05) is 0 Å². The zero-order valence-corrected chi connectivity index (χ0v) is 9.17. The molecule has 0 aliphatic carbocycles. The molecule has 0 radical (unpaired) electrons. The fourth-order valence-corrected chi connectivity index (χ4v) is 1.74. The molecule has 2 heterocycles. The van der Waals surface area contributed by atoms with Crippen LogP contribution in [-0.2, 0) is 9.59 Å². The van der Waals surface area contributed by atoms with Crippen LogP contribution in [0.2, 0.25) is 0 Å². The summed E-state index contributed by atoms with van der Waals surface area (Å²) in [6.45, 7) is 0.679. The van der Waals surface area contributed by atoms with Gasteiger partial charge in [-0.15, -0.1) is 0 Å². The Hall–Kier alpha value is -2.17. The molecule has 5 nitrogen and oxygen atoms in total. The van der Waals surface area contributed by atoms with Gasteiger partial charge in [0.1, 0.15) is 5.82 Å². The molecule has 0 atom stereocenters. The van der Waals surface area contributed by atoms with E-state index in [2.05, 4.69) is 4.98 Å². The van der Waals surface area contributed by atoms with Crippen molar-refractivity contribution in [2.24, 2.45) is 0 Å². The molecule has 17 heavy (non-hydrogen) atoms. The molecule has 1 aliphatic heterocycles. The third-order valence-corrected chi connectivity index (χ3v) is 2.54. The summed E-state index contributed by atoms with van der Waals surface area (Å²) in [4.78, 5) is 27.7. The van der Waals surface area contributed by atoms with Crippen molar-refractivity contribution in [2.45, 2.75) is 12.8 Å². The number of nitrogens with zero attached hydrogens (tertiary/aromatic N) is 2. The maximum atomic E-state index is 11.5. The van der Waals surface area contributed by atoms with Crippen molar-refractivity contribution in [2.75, 3.05) is 11.4 Å². The first kappa shape index (κ1) is 11.3. The van der Waals surface area contributed by atoms with E-state index in [-0.39, 0.29) is 5.91 Å². The van der Waals surface area contributed by atoms with Crippen LogP contribution in [0.25, 0.3) is 6.08 Å². The molecule has 1 aromatic rings. The molecule has 1 amide bonds. The van der Waals surface area contributed by atoms with Gasteiger partial charge in [-0.25, -0.2) is 9.78 Å². The predicted molar refractivity (Wildman–Crippen MR) is 62.5 cm³/mol. The Morgan fingerprint density at radius 1 is 1.53 bits per heavy atom. The fourth-order valence-electron chi connectivity index (χ4n) is 1.74. The van der Waals surface area contributed by atoms with Crippen LogP contribution in [0, 0.1) is 0 Å². The van der Waals surface area contributed by atoms with E-state index in [0.717, 1.165) is 18.1 Å². The molecule has 0 aromatic carbocycles. The van der Waals surface area contributed by atoms with Crippen LogP contribution in [-0.4, -0.2) is 28.5 Å². The smallest absolute Gasteiger partial charge is 0.328 e. The highest BCUT2D eigenvalue weighted by Crippen LogP contribution is 2.20. The van der Waals surface area contributed by atoms with Crippen molar-refractivity contribution in [3.8, 4) is 0 Å². The standard InChI is InChI=1S/C12H12N2O3/c15-11-2-1-7-14(11)10-8-9(5-6-13-10)3-4-12(16)17/h3-6,8H,1-2,7H2,(H,16,17)/b4-3+. The van der Waals surface area contributed by atoms with E-state index in [1.807, 2.05) is 0 Å². The Bertz CT molecular complexity index is 482. The number of anilines is 1. The van der Waals surface area contributed by atoms with Gasteiger partial charge in [0.15, 0.2) is 0 Å². The third kappa shape index (κ3) is 2.69. The molecule has 1 fully saturated rings. The fraction of sp³-hybridized carbons (Fsp3) is 0.250. The van der Waals surface area contributed by atoms with Crippen LogP contribution in [0.5, 0.6) is 0 Å². The number of carboxylic acid groups (broad SMARTS) is 1. The Morgan fingerprint density at radius 2 is 2.35 bits per heavy atom. The molecule has 1 N–H and O–H groups in total. The number of aromatic nitrogens is 1. The lowest BCUT2D eigenvalue weighted by Crippen LogP contribution is -2.24. The van der Waals surface area contributed by atoms with E-state index in [4.69, 9.17) is 5.11 Å². The maximum absolute atomic E-state index is 11.5. The summed E-state index contributed by atoms with van der Waals surface area (Å²) in [6, 6.07) is 3.41. The second-order valence-electron chi connectivity index (χ2n) is 3.77. The Balaban J connectivity index is 2.22. The number of pyridine rings is 1. The molecule has 0 unspecified atom stereocenters. The first-order valence-corrected chi connectivity index (χ1v) is 5.34. The van der Waals surface area contributed by atoms with Crippen LogP contribution in [0.4, 0.5) is 5.82 Å². The monoisotopic (exact) mass is 232 g/mol. The summed E-state index contributed by atoms with van der Waals surface area (Å²) in [6.07, 6.45) is 5.51. The van der Waals surface area contributed by atoms with Gasteiger partial charge in [0.2, 0.25) is 5.91 Å². The van der Waals surface area contributed by atoms with Crippen molar-refractivity contribution in [1.29, 1.82) is 0 Å². The Morgan fingerprint density at radius 3 is 3.00 bits per heavy atom. The van der Waals surface area contributed by atoms with E-state index in [1.54, 1.807) is 23.2 Å². The molecule has 1 aromatic heterocycles. The molecule has 88 valence electrons. The molecule has 0 bridgehead atoms. The molecule has 0 spiro atoms. The molecule has 2 rings (SSSR count). The summed E-state index contributed by atoms with van der Waals surface area (Å²) in [5.74, 6) is -0.350. The van der Waals surface area contributed by atoms with Crippen molar-refractivity contribution in [3.05, 3.63) is 30.0 Å². The molecule has 1 saturated heterocycles. The van der Waals surface area contributed by atoms with Crippen LogP contribution in [0.3, 0.4) is 0 Å². The van der Waals surface area contributed by atoms with Gasteiger partial charge < -0.3 is 5.11 Å². The summed E-state index contributed by atoms with van der Waals surface area (Å²) < 4.78 is 0. The van der Waals surface area contributed by atoms with Gasteiger partial charge in [0, 0.05) is 25.2 Å². The second-order valence-corrected chi connectivity index (χ2v) is 3.77.